The minimum atomic E-state index is -0.227. The first-order valence-corrected chi connectivity index (χ1v) is 13.2. The Morgan fingerprint density at radius 2 is 1.65 bits per heavy atom. The Kier molecular flexibility index (Phi) is 8.63. The van der Waals surface area contributed by atoms with E-state index in [1.54, 1.807) is 18.2 Å². The predicted octanol–water partition coefficient (Wildman–Crippen LogP) is 6.63. The molecule has 1 aliphatic rings. The van der Waals surface area contributed by atoms with Crippen molar-refractivity contribution < 1.29 is 19.1 Å². The summed E-state index contributed by atoms with van der Waals surface area (Å²) in [6.07, 6.45) is 1.80. The van der Waals surface area contributed by atoms with E-state index in [0.29, 0.717) is 33.2 Å². The first-order valence-electron chi connectivity index (χ1n) is 12.0. The summed E-state index contributed by atoms with van der Waals surface area (Å²) in [6.45, 7) is 6.56. The van der Waals surface area contributed by atoms with Gasteiger partial charge in [0.1, 0.15) is 11.5 Å². The van der Waals surface area contributed by atoms with Gasteiger partial charge in [0.15, 0.2) is 10.9 Å². The van der Waals surface area contributed by atoms with Gasteiger partial charge in [-0.1, -0.05) is 68.2 Å². The average Bonchev–Trinajstić information content (AvgIpc) is 3.17. The van der Waals surface area contributed by atoms with E-state index in [9.17, 15) is 9.59 Å². The Balaban J connectivity index is 1.36. The van der Waals surface area contributed by atoms with Gasteiger partial charge < -0.3 is 14.8 Å². The second-order valence-electron chi connectivity index (χ2n) is 8.59. The van der Waals surface area contributed by atoms with Gasteiger partial charge in [-0.05, 0) is 72.5 Å². The molecule has 0 radical (unpaired) electrons. The van der Waals surface area contributed by atoms with Gasteiger partial charge in [0.05, 0.1) is 17.2 Å². The average molecular weight is 533 g/mol. The van der Waals surface area contributed by atoms with Crippen LogP contribution in [0.2, 0.25) is 0 Å². The van der Waals surface area contributed by atoms with E-state index in [4.69, 9.17) is 21.7 Å². The molecule has 190 valence electrons. The lowest BCUT2D eigenvalue weighted by Crippen LogP contribution is -2.27. The molecule has 0 aliphatic carbocycles. The molecule has 1 N–H and O–H groups in total. The van der Waals surface area contributed by atoms with E-state index in [0.717, 1.165) is 22.6 Å². The fourth-order valence-electron chi connectivity index (χ4n) is 3.81. The topological polar surface area (TPSA) is 67.9 Å². The number of carbonyl (C=O) groups is 2. The van der Waals surface area contributed by atoms with Crippen molar-refractivity contribution in [2.24, 2.45) is 0 Å². The van der Waals surface area contributed by atoms with Crippen molar-refractivity contribution >= 4 is 57.6 Å². The molecule has 0 unspecified atom stereocenters. The minimum Gasteiger partial charge on any atom is -0.494 e. The lowest BCUT2D eigenvalue weighted by molar-refractivity contribution is -0.118. The SMILES string of the molecule is CCOc1ccc(N2C(=O)/C(=C\c3ccc(OCC(=O)Nc4ccccc4C(C)C)cc3)SC2=S)cc1. The zero-order chi connectivity index (χ0) is 26.4. The number of hydrogen-bond donors (Lipinski definition) is 1. The zero-order valence-corrected chi connectivity index (χ0v) is 22.5. The maximum atomic E-state index is 13.0. The minimum absolute atomic E-state index is 0.105. The summed E-state index contributed by atoms with van der Waals surface area (Å²) < 4.78 is 11.6. The van der Waals surface area contributed by atoms with E-state index < -0.39 is 0 Å². The molecule has 1 aliphatic heterocycles. The van der Waals surface area contributed by atoms with Crippen molar-refractivity contribution in [1.29, 1.82) is 0 Å². The summed E-state index contributed by atoms with van der Waals surface area (Å²) in [6, 6.07) is 22.3. The normalized spacial score (nSPS) is 14.4. The highest BCUT2D eigenvalue weighted by atomic mass is 32.2. The predicted molar refractivity (Wildman–Crippen MR) is 154 cm³/mol. The van der Waals surface area contributed by atoms with E-state index >= 15 is 0 Å². The molecule has 0 saturated carbocycles. The van der Waals surface area contributed by atoms with Crippen molar-refractivity contribution in [2.75, 3.05) is 23.4 Å². The molecule has 0 atom stereocenters. The highest BCUT2D eigenvalue weighted by Gasteiger charge is 2.33. The van der Waals surface area contributed by atoms with Crippen LogP contribution in [0.4, 0.5) is 11.4 Å². The van der Waals surface area contributed by atoms with Crippen LogP contribution in [-0.2, 0) is 9.59 Å². The first kappa shape index (κ1) is 26.4. The van der Waals surface area contributed by atoms with E-state index in [-0.39, 0.29) is 18.4 Å². The Hall–Kier alpha value is -3.62. The lowest BCUT2D eigenvalue weighted by atomic mass is 10.0. The highest BCUT2D eigenvalue weighted by Crippen LogP contribution is 2.36. The van der Waals surface area contributed by atoms with Crippen LogP contribution in [0.15, 0.2) is 77.7 Å². The zero-order valence-electron chi connectivity index (χ0n) is 20.9. The maximum absolute atomic E-state index is 13.0. The van der Waals surface area contributed by atoms with Gasteiger partial charge in [-0.2, -0.15) is 0 Å². The number of carbonyl (C=O) groups excluding carboxylic acids is 2. The summed E-state index contributed by atoms with van der Waals surface area (Å²) in [5, 5.41) is 2.92. The standard InChI is InChI=1S/C29H28N2O4S2/c1-4-34-22-15-11-21(12-16-22)31-28(33)26(37-29(31)36)17-20-9-13-23(14-10-20)35-18-27(32)30-25-8-6-5-7-24(25)19(2)3/h5-17,19H,4,18H2,1-3H3,(H,30,32)/b26-17+. The molecule has 0 aromatic heterocycles. The summed E-state index contributed by atoms with van der Waals surface area (Å²) in [5.41, 5.74) is 3.40. The molecule has 0 bridgehead atoms. The fourth-order valence-corrected chi connectivity index (χ4v) is 5.11. The second-order valence-corrected chi connectivity index (χ2v) is 10.3. The van der Waals surface area contributed by atoms with Crippen molar-refractivity contribution in [3.63, 3.8) is 0 Å². The van der Waals surface area contributed by atoms with E-state index in [1.807, 2.05) is 67.6 Å². The van der Waals surface area contributed by atoms with E-state index in [1.165, 1.54) is 16.7 Å². The highest BCUT2D eigenvalue weighted by molar-refractivity contribution is 8.27. The molecule has 1 fully saturated rings. The number of benzene rings is 3. The molecule has 1 saturated heterocycles. The first-order chi connectivity index (χ1) is 17.9. The van der Waals surface area contributed by atoms with Gasteiger partial charge in [-0.3, -0.25) is 14.5 Å². The van der Waals surface area contributed by atoms with Crippen molar-refractivity contribution in [3.05, 3.63) is 88.8 Å². The second kappa shape index (κ2) is 12.1. The van der Waals surface area contributed by atoms with Gasteiger partial charge in [0.2, 0.25) is 0 Å². The Morgan fingerprint density at radius 3 is 2.32 bits per heavy atom. The van der Waals surface area contributed by atoms with Gasteiger partial charge >= 0.3 is 0 Å². The number of para-hydroxylation sites is 1. The molecule has 2 amide bonds. The largest absolute Gasteiger partial charge is 0.494 e. The number of thiocarbonyl (C=S) groups is 1. The molecular weight excluding hydrogens is 504 g/mol. The van der Waals surface area contributed by atoms with Gasteiger partial charge in [0, 0.05) is 5.69 Å². The van der Waals surface area contributed by atoms with Gasteiger partial charge in [-0.15, -0.1) is 0 Å². The molecule has 4 rings (SSSR count). The van der Waals surface area contributed by atoms with Crippen LogP contribution in [0.5, 0.6) is 11.5 Å². The van der Waals surface area contributed by atoms with Crippen LogP contribution >= 0.6 is 24.0 Å². The number of hydrogen-bond acceptors (Lipinski definition) is 6. The summed E-state index contributed by atoms with van der Waals surface area (Å²) in [7, 11) is 0. The fraction of sp³-hybridized carbons (Fsp3) is 0.207. The molecule has 8 heteroatoms. The number of ether oxygens (including phenoxy) is 2. The molecule has 37 heavy (non-hydrogen) atoms. The van der Waals surface area contributed by atoms with E-state index in [2.05, 4.69) is 19.2 Å². The number of nitrogens with zero attached hydrogens (tertiary/aromatic N) is 1. The van der Waals surface area contributed by atoms with Crippen LogP contribution in [0.1, 0.15) is 37.8 Å². The van der Waals surface area contributed by atoms with Crippen molar-refractivity contribution in [2.45, 2.75) is 26.7 Å². The third-order valence-corrected chi connectivity index (χ3v) is 6.91. The quantitative estimate of drug-likeness (QED) is 0.246. The monoisotopic (exact) mass is 532 g/mol. The molecule has 3 aromatic rings. The molecule has 6 nitrogen and oxygen atoms in total. The van der Waals surface area contributed by atoms with Crippen LogP contribution in [-0.4, -0.2) is 29.3 Å². The molecular formula is C29H28N2O4S2. The lowest BCUT2D eigenvalue weighted by Gasteiger charge is -2.15. The van der Waals surface area contributed by atoms with Gasteiger partial charge in [0.25, 0.3) is 11.8 Å². The van der Waals surface area contributed by atoms with Crippen LogP contribution in [0, 0.1) is 0 Å². The number of anilines is 2. The smallest absolute Gasteiger partial charge is 0.270 e. The number of rotatable bonds is 9. The summed E-state index contributed by atoms with van der Waals surface area (Å²) in [4.78, 5) is 27.5. The molecule has 3 aromatic carbocycles. The number of thioether (sulfide) groups is 1. The third kappa shape index (κ3) is 6.58. The maximum Gasteiger partial charge on any atom is 0.270 e. The van der Waals surface area contributed by atoms with Crippen molar-refractivity contribution in [1.82, 2.24) is 0 Å². The number of nitrogens with one attached hydrogen (secondary N) is 1. The summed E-state index contributed by atoms with van der Waals surface area (Å²) >= 11 is 6.73. The molecule has 1 heterocycles. The Morgan fingerprint density at radius 1 is 1.00 bits per heavy atom. The Labute approximate surface area is 226 Å². The third-order valence-electron chi connectivity index (χ3n) is 5.60. The van der Waals surface area contributed by atoms with Crippen LogP contribution in [0.25, 0.3) is 6.08 Å². The van der Waals surface area contributed by atoms with Crippen LogP contribution in [0.3, 0.4) is 0 Å². The molecule has 0 spiro atoms. The Bertz CT molecular complexity index is 1320. The van der Waals surface area contributed by atoms with Gasteiger partial charge in [-0.25, -0.2) is 0 Å². The summed E-state index contributed by atoms with van der Waals surface area (Å²) in [5.74, 6) is 1.21. The van der Waals surface area contributed by atoms with Crippen LogP contribution < -0.4 is 19.7 Å². The number of amides is 2. The van der Waals surface area contributed by atoms with Crippen molar-refractivity contribution in [3.8, 4) is 11.5 Å².